The molecule has 0 unspecified atom stereocenters. The molecular weight excluding hydrogens is 298 g/mol. The van der Waals surface area contributed by atoms with Crippen LogP contribution in [0.1, 0.15) is 12.8 Å². The Morgan fingerprint density at radius 3 is 2.87 bits per heavy atom. The fraction of sp³-hybridized carbons (Fsp3) is 0.438. The number of hydrogen-bond acceptors (Lipinski definition) is 5. The van der Waals surface area contributed by atoms with Crippen LogP contribution in [0.15, 0.2) is 24.4 Å². The number of carboxylic acid groups (broad SMARTS) is 1. The van der Waals surface area contributed by atoms with Crippen molar-refractivity contribution < 1.29 is 19.4 Å². The molecule has 3 rings (SSSR count). The van der Waals surface area contributed by atoms with Gasteiger partial charge in [0.05, 0.1) is 25.3 Å². The molecule has 0 saturated carbocycles. The van der Waals surface area contributed by atoms with E-state index in [2.05, 4.69) is 10.2 Å². The molecule has 122 valence electrons. The minimum Gasteiger partial charge on any atom is -0.497 e. The third-order valence-corrected chi connectivity index (χ3v) is 4.18. The van der Waals surface area contributed by atoms with Crippen molar-refractivity contribution in [1.29, 1.82) is 0 Å². The largest absolute Gasteiger partial charge is 0.497 e. The zero-order valence-electron chi connectivity index (χ0n) is 12.9. The topological polar surface area (TPSA) is 84.8 Å². The van der Waals surface area contributed by atoms with Crippen LogP contribution in [0, 0.1) is 5.92 Å². The van der Waals surface area contributed by atoms with Crippen molar-refractivity contribution in [2.75, 3.05) is 26.8 Å². The molecule has 2 heterocycles. The van der Waals surface area contributed by atoms with Crippen molar-refractivity contribution in [2.24, 2.45) is 5.92 Å². The molecule has 0 aliphatic carbocycles. The first kappa shape index (κ1) is 15.3. The second kappa shape index (κ2) is 6.68. The molecule has 7 nitrogen and oxygen atoms in total. The van der Waals surface area contributed by atoms with Gasteiger partial charge in [-0.3, -0.25) is 0 Å². The SMILES string of the molecule is COc1ccc2cnnc(OCC3CCN(C(=O)O)CC3)c2c1. The molecule has 1 aliphatic heterocycles. The molecule has 1 fully saturated rings. The highest BCUT2D eigenvalue weighted by molar-refractivity contribution is 5.87. The second-order valence-corrected chi connectivity index (χ2v) is 5.63. The summed E-state index contributed by atoms with van der Waals surface area (Å²) in [4.78, 5) is 12.4. The van der Waals surface area contributed by atoms with Gasteiger partial charge in [0.25, 0.3) is 0 Å². The van der Waals surface area contributed by atoms with Crippen LogP contribution in [-0.4, -0.2) is 53.1 Å². The van der Waals surface area contributed by atoms with Crippen LogP contribution in [0.5, 0.6) is 11.6 Å². The monoisotopic (exact) mass is 317 g/mol. The highest BCUT2D eigenvalue weighted by atomic mass is 16.5. The number of aromatic nitrogens is 2. The number of ether oxygens (including phenoxy) is 2. The summed E-state index contributed by atoms with van der Waals surface area (Å²) in [6.07, 6.45) is 2.44. The molecule has 23 heavy (non-hydrogen) atoms. The van der Waals surface area contributed by atoms with Gasteiger partial charge >= 0.3 is 6.09 Å². The summed E-state index contributed by atoms with van der Waals surface area (Å²) in [5, 5.41) is 18.8. The molecule has 1 N–H and O–H groups in total. The first-order valence-electron chi connectivity index (χ1n) is 7.57. The van der Waals surface area contributed by atoms with Gasteiger partial charge < -0.3 is 19.5 Å². The van der Waals surface area contributed by atoms with Gasteiger partial charge in [0.15, 0.2) is 0 Å². The van der Waals surface area contributed by atoms with Gasteiger partial charge in [-0.1, -0.05) is 0 Å². The minimum atomic E-state index is -0.851. The first-order chi connectivity index (χ1) is 11.2. The number of amides is 1. The Balaban J connectivity index is 1.67. The van der Waals surface area contributed by atoms with Crippen molar-refractivity contribution in [2.45, 2.75) is 12.8 Å². The fourth-order valence-corrected chi connectivity index (χ4v) is 2.75. The maximum absolute atomic E-state index is 10.9. The van der Waals surface area contributed by atoms with Gasteiger partial charge in [0.1, 0.15) is 5.75 Å². The van der Waals surface area contributed by atoms with Crippen LogP contribution in [-0.2, 0) is 0 Å². The lowest BCUT2D eigenvalue weighted by atomic mass is 9.98. The van der Waals surface area contributed by atoms with Crippen LogP contribution in [0.4, 0.5) is 4.79 Å². The highest BCUT2D eigenvalue weighted by Gasteiger charge is 2.23. The zero-order chi connectivity index (χ0) is 16.2. The van der Waals surface area contributed by atoms with Crippen LogP contribution in [0.2, 0.25) is 0 Å². The molecular formula is C16H19N3O4. The number of carbonyl (C=O) groups is 1. The number of likely N-dealkylation sites (tertiary alicyclic amines) is 1. The summed E-state index contributed by atoms with van der Waals surface area (Å²) in [5.74, 6) is 1.56. The van der Waals surface area contributed by atoms with Crippen LogP contribution in [0.25, 0.3) is 10.8 Å². The molecule has 1 saturated heterocycles. The van der Waals surface area contributed by atoms with Crippen LogP contribution < -0.4 is 9.47 Å². The van der Waals surface area contributed by atoms with E-state index in [1.165, 1.54) is 4.90 Å². The number of methoxy groups -OCH3 is 1. The van der Waals surface area contributed by atoms with E-state index in [-0.39, 0.29) is 0 Å². The van der Waals surface area contributed by atoms with E-state index >= 15 is 0 Å². The molecule has 0 atom stereocenters. The Labute approximate surface area is 133 Å². The lowest BCUT2D eigenvalue weighted by molar-refractivity contribution is 0.111. The molecule has 0 bridgehead atoms. The number of rotatable bonds is 4. The number of hydrogen-bond donors (Lipinski definition) is 1. The minimum absolute atomic E-state index is 0.327. The summed E-state index contributed by atoms with van der Waals surface area (Å²) in [6.45, 7) is 1.62. The lowest BCUT2D eigenvalue weighted by Gasteiger charge is -2.29. The molecule has 0 spiro atoms. The van der Waals surface area contributed by atoms with Gasteiger partial charge in [-0.05, 0) is 37.0 Å². The van der Waals surface area contributed by atoms with E-state index in [0.29, 0.717) is 31.5 Å². The Hall–Kier alpha value is -2.57. The predicted octanol–water partition coefficient (Wildman–Crippen LogP) is 2.41. The number of piperidine rings is 1. The Bertz CT molecular complexity index is 699. The summed E-state index contributed by atoms with van der Waals surface area (Å²) in [7, 11) is 1.62. The number of nitrogens with zero attached hydrogens (tertiary/aromatic N) is 3. The zero-order valence-corrected chi connectivity index (χ0v) is 12.9. The molecule has 1 aromatic heterocycles. The van der Waals surface area contributed by atoms with E-state index in [4.69, 9.17) is 14.6 Å². The average molecular weight is 317 g/mol. The van der Waals surface area contributed by atoms with Crippen LogP contribution >= 0.6 is 0 Å². The summed E-state index contributed by atoms with van der Waals surface area (Å²) >= 11 is 0. The quantitative estimate of drug-likeness (QED) is 0.932. The first-order valence-corrected chi connectivity index (χ1v) is 7.57. The fourth-order valence-electron chi connectivity index (χ4n) is 2.75. The summed E-state index contributed by atoms with van der Waals surface area (Å²) in [5.41, 5.74) is 0. The van der Waals surface area contributed by atoms with Crippen molar-refractivity contribution >= 4 is 16.9 Å². The molecule has 0 radical (unpaired) electrons. The lowest BCUT2D eigenvalue weighted by Crippen LogP contribution is -2.38. The third kappa shape index (κ3) is 3.44. The standard InChI is InChI=1S/C16H19N3O4/c1-22-13-3-2-12-9-17-18-15(14(12)8-13)23-10-11-4-6-19(7-5-11)16(20)21/h2-3,8-9,11H,4-7,10H2,1H3,(H,20,21). The van der Waals surface area contributed by atoms with Gasteiger partial charge in [0, 0.05) is 18.5 Å². The smallest absolute Gasteiger partial charge is 0.407 e. The third-order valence-electron chi connectivity index (χ3n) is 4.18. The van der Waals surface area contributed by atoms with Gasteiger partial charge in [-0.2, -0.15) is 5.10 Å². The molecule has 1 aliphatic rings. The Morgan fingerprint density at radius 1 is 1.39 bits per heavy atom. The second-order valence-electron chi connectivity index (χ2n) is 5.63. The van der Waals surface area contributed by atoms with Crippen molar-refractivity contribution in [3.8, 4) is 11.6 Å². The Kier molecular flexibility index (Phi) is 4.45. The maximum atomic E-state index is 10.9. The normalized spacial score (nSPS) is 15.6. The molecule has 1 amide bonds. The molecule has 7 heteroatoms. The van der Waals surface area contributed by atoms with E-state index in [9.17, 15) is 4.79 Å². The van der Waals surface area contributed by atoms with Gasteiger partial charge in [-0.15, -0.1) is 5.10 Å². The van der Waals surface area contributed by atoms with E-state index in [1.54, 1.807) is 13.3 Å². The highest BCUT2D eigenvalue weighted by Crippen LogP contribution is 2.27. The van der Waals surface area contributed by atoms with Gasteiger partial charge in [-0.25, -0.2) is 4.79 Å². The average Bonchev–Trinajstić information content (AvgIpc) is 2.59. The summed E-state index contributed by atoms with van der Waals surface area (Å²) in [6, 6.07) is 5.67. The maximum Gasteiger partial charge on any atom is 0.407 e. The predicted molar refractivity (Wildman–Crippen MR) is 83.9 cm³/mol. The number of fused-ring (bicyclic) bond motifs is 1. The van der Waals surface area contributed by atoms with Crippen molar-refractivity contribution in [3.63, 3.8) is 0 Å². The Morgan fingerprint density at radius 2 is 2.17 bits per heavy atom. The molecule has 1 aromatic carbocycles. The van der Waals surface area contributed by atoms with E-state index in [0.717, 1.165) is 29.4 Å². The van der Waals surface area contributed by atoms with E-state index in [1.807, 2.05) is 18.2 Å². The van der Waals surface area contributed by atoms with E-state index < -0.39 is 6.09 Å². The molecule has 2 aromatic rings. The van der Waals surface area contributed by atoms with Crippen molar-refractivity contribution in [3.05, 3.63) is 24.4 Å². The summed E-state index contributed by atoms with van der Waals surface area (Å²) < 4.78 is 11.1. The van der Waals surface area contributed by atoms with Gasteiger partial charge in [0.2, 0.25) is 5.88 Å². The van der Waals surface area contributed by atoms with Crippen molar-refractivity contribution in [1.82, 2.24) is 15.1 Å². The van der Waals surface area contributed by atoms with Crippen LogP contribution in [0.3, 0.4) is 0 Å². The number of benzene rings is 1.